The van der Waals surface area contributed by atoms with E-state index < -0.39 is 0 Å². The first kappa shape index (κ1) is 15.8. The maximum atomic E-state index is 12.8. The van der Waals surface area contributed by atoms with E-state index in [2.05, 4.69) is 18.9 Å². The second-order valence-corrected chi connectivity index (χ2v) is 6.28. The Balaban J connectivity index is 1.74. The molecular formula is C17H24N4O2. The first-order chi connectivity index (χ1) is 11.1. The highest BCUT2D eigenvalue weighted by atomic mass is 16.5. The predicted molar refractivity (Wildman–Crippen MR) is 87.0 cm³/mol. The molecule has 0 radical (unpaired) electrons. The summed E-state index contributed by atoms with van der Waals surface area (Å²) < 4.78 is 9.53. The summed E-state index contributed by atoms with van der Waals surface area (Å²) in [5.41, 5.74) is 1.92. The highest BCUT2D eigenvalue weighted by molar-refractivity contribution is 5.79. The van der Waals surface area contributed by atoms with Crippen LogP contribution in [-0.4, -0.2) is 44.9 Å². The summed E-state index contributed by atoms with van der Waals surface area (Å²) in [5.74, 6) is 0.105. The van der Waals surface area contributed by atoms with Crippen LogP contribution in [-0.2, 0) is 23.0 Å². The number of ether oxygens (including phenoxy) is 1. The zero-order valence-electron chi connectivity index (χ0n) is 14.0. The number of hydrogen-bond acceptors (Lipinski definition) is 3. The fourth-order valence-corrected chi connectivity index (χ4v) is 2.98. The van der Waals surface area contributed by atoms with Gasteiger partial charge in [-0.15, -0.1) is 0 Å². The van der Waals surface area contributed by atoms with Gasteiger partial charge in [0.15, 0.2) is 0 Å². The molecule has 1 atom stereocenters. The van der Waals surface area contributed by atoms with Crippen LogP contribution in [0.2, 0.25) is 0 Å². The van der Waals surface area contributed by atoms with Gasteiger partial charge in [0.05, 0.1) is 31.4 Å². The van der Waals surface area contributed by atoms with Crippen LogP contribution < -0.4 is 0 Å². The third-order valence-corrected chi connectivity index (χ3v) is 4.30. The first-order valence-electron chi connectivity index (χ1n) is 8.08. The minimum atomic E-state index is -0.0246. The number of morpholine rings is 1. The molecule has 1 aliphatic heterocycles. The molecule has 1 unspecified atom stereocenters. The van der Waals surface area contributed by atoms with Crippen molar-refractivity contribution >= 4 is 5.91 Å². The minimum Gasteiger partial charge on any atom is -0.377 e. The topological polar surface area (TPSA) is 52.3 Å². The van der Waals surface area contributed by atoms with Gasteiger partial charge in [0.1, 0.15) is 0 Å². The van der Waals surface area contributed by atoms with Crippen LogP contribution in [0.25, 0.3) is 0 Å². The average molecular weight is 316 g/mol. The highest BCUT2D eigenvalue weighted by Crippen LogP contribution is 2.25. The van der Waals surface area contributed by atoms with Crippen LogP contribution >= 0.6 is 0 Å². The molecule has 6 heteroatoms. The number of aromatic nitrogens is 3. The molecule has 3 rings (SSSR count). The Kier molecular flexibility index (Phi) is 4.52. The summed E-state index contributed by atoms with van der Waals surface area (Å²) in [4.78, 5) is 14.7. The van der Waals surface area contributed by atoms with Gasteiger partial charge in [0, 0.05) is 37.7 Å². The number of hydrogen-bond donors (Lipinski definition) is 0. The SMILES string of the molecule is CC(C)n1ccc(CC(=O)N2CCOCC2c2cccn2C)n1. The number of aryl methyl sites for hydroxylation is 1. The number of amides is 1. The third kappa shape index (κ3) is 3.32. The fourth-order valence-electron chi connectivity index (χ4n) is 2.98. The molecule has 0 N–H and O–H groups in total. The van der Waals surface area contributed by atoms with E-state index in [4.69, 9.17) is 4.74 Å². The lowest BCUT2D eigenvalue weighted by Gasteiger charge is -2.36. The van der Waals surface area contributed by atoms with Crippen molar-refractivity contribution in [2.45, 2.75) is 32.4 Å². The summed E-state index contributed by atoms with van der Waals surface area (Å²) in [5, 5.41) is 4.48. The fraction of sp³-hybridized carbons (Fsp3) is 0.529. The Bertz CT molecular complexity index is 674. The summed E-state index contributed by atoms with van der Waals surface area (Å²) in [7, 11) is 2.00. The summed E-state index contributed by atoms with van der Waals surface area (Å²) >= 11 is 0. The van der Waals surface area contributed by atoms with Crippen LogP contribution in [0.3, 0.4) is 0 Å². The van der Waals surface area contributed by atoms with Crippen LogP contribution in [0, 0.1) is 0 Å². The van der Waals surface area contributed by atoms with Crippen LogP contribution in [0.4, 0.5) is 0 Å². The quantitative estimate of drug-likeness (QED) is 0.866. The molecule has 2 aromatic rings. The van der Waals surface area contributed by atoms with Crippen molar-refractivity contribution in [1.82, 2.24) is 19.2 Å². The number of rotatable bonds is 4. The molecular weight excluding hydrogens is 292 g/mol. The normalized spacial score (nSPS) is 18.6. The van der Waals surface area contributed by atoms with Crippen LogP contribution in [0.1, 0.15) is 37.3 Å². The van der Waals surface area contributed by atoms with Crippen molar-refractivity contribution in [2.75, 3.05) is 19.8 Å². The summed E-state index contributed by atoms with van der Waals surface area (Å²) in [6.07, 6.45) is 4.26. The molecule has 1 aliphatic rings. The molecule has 1 fully saturated rings. The average Bonchev–Trinajstić information content (AvgIpc) is 3.16. The molecule has 1 saturated heterocycles. The smallest absolute Gasteiger partial charge is 0.229 e. The molecule has 0 aliphatic carbocycles. The molecule has 0 spiro atoms. The van der Waals surface area contributed by atoms with Crippen molar-refractivity contribution in [1.29, 1.82) is 0 Å². The molecule has 23 heavy (non-hydrogen) atoms. The highest BCUT2D eigenvalue weighted by Gasteiger charge is 2.30. The number of carbonyl (C=O) groups is 1. The van der Waals surface area contributed by atoms with Gasteiger partial charge >= 0.3 is 0 Å². The lowest BCUT2D eigenvalue weighted by atomic mass is 10.1. The van der Waals surface area contributed by atoms with Crippen LogP contribution in [0.15, 0.2) is 30.6 Å². The van der Waals surface area contributed by atoms with E-state index in [1.54, 1.807) is 0 Å². The van der Waals surface area contributed by atoms with Gasteiger partial charge in [-0.3, -0.25) is 9.48 Å². The Morgan fingerprint density at radius 1 is 1.39 bits per heavy atom. The summed E-state index contributed by atoms with van der Waals surface area (Å²) in [6.45, 7) is 5.91. The zero-order valence-corrected chi connectivity index (χ0v) is 14.0. The zero-order chi connectivity index (χ0) is 16.4. The van der Waals surface area contributed by atoms with E-state index in [1.807, 2.05) is 51.8 Å². The van der Waals surface area contributed by atoms with Gasteiger partial charge in [-0.25, -0.2) is 0 Å². The molecule has 0 saturated carbocycles. The Morgan fingerprint density at radius 3 is 2.87 bits per heavy atom. The third-order valence-electron chi connectivity index (χ3n) is 4.30. The van der Waals surface area contributed by atoms with Crippen molar-refractivity contribution in [3.05, 3.63) is 42.0 Å². The Morgan fingerprint density at radius 2 is 2.22 bits per heavy atom. The van der Waals surface area contributed by atoms with Crippen molar-refractivity contribution in [3.8, 4) is 0 Å². The molecule has 3 heterocycles. The summed E-state index contributed by atoms with van der Waals surface area (Å²) in [6, 6.07) is 6.25. The standard InChI is InChI=1S/C17H24N4O2/c1-13(2)21-8-6-14(18-21)11-17(22)20-9-10-23-12-16(20)15-5-4-7-19(15)3/h4-8,13,16H,9-12H2,1-3H3. The second-order valence-electron chi connectivity index (χ2n) is 6.28. The monoisotopic (exact) mass is 316 g/mol. The largest absolute Gasteiger partial charge is 0.377 e. The van der Waals surface area contributed by atoms with E-state index in [-0.39, 0.29) is 11.9 Å². The van der Waals surface area contributed by atoms with E-state index >= 15 is 0 Å². The maximum Gasteiger partial charge on any atom is 0.229 e. The number of carbonyl (C=O) groups excluding carboxylic acids is 1. The molecule has 124 valence electrons. The molecule has 6 nitrogen and oxygen atoms in total. The number of nitrogens with zero attached hydrogens (tertiary/aromatic N) is 4. The van der Waals surface area contributed by atoms with E-state index in [9.17, 15) is 4.79 Å². The second kappa shape index (κ2) is 6.58. The van der Waals surface area contributed by atoms with E-state index in [0.29, 0.717) is 32.2 Å². The molecule has 2 aromatic heterocycles. The lowest BCUT2D eigenvalue weighted by Crippen LogP contribution is -2.44. The Labute approximate surface area is 136 Å². The molecule has 0 bridgehead atoms. The van der Waals surface area contributed by atoms with Crippen molar-refractivity contribution in [3.63, 3.8) is 0 Å². The van der Waals surface area contributed by atoms with Gasteiger partial charge in [-0.1, -0.05) is 0 Å². The van der Waals surface area contributed by atoms with Gasteiger partial charge in [0.2, 0.25) is 5.91 Å². The van der Waals surface area contributed by atoms with Crippen molar-refractivity contribution < 1.29 is 9.53 Å². The van der Waals surface area contributed by atoms with Gasteiger partial charge in [-0.2, -0.15) is 5.10 Å². The van der Waals surface area contributed by atoms with Gasteiger partial charge in [-0.05, 0) is 32.0 Å². The predicted octanol–water partition coefficient (Wildman–Crippen LogP) is 1.95. The lowest BCUT2D eigenvalue weighted by molar-refractivity contribution is -0.139. The first-order valence-corrected chi connectivity index (χ1v) is 8.08. The molecule has 1 amide bonds. The van der Waals surface area contributed by atoms with E-state index in [1.165, 1.54) is 0 Å². The van der Waals surface area contributed by atoms with Gasteiger partial charge in [0.25, 0.3) is 0 Å². The minimum absolute atomic E-state index is 0.0246. The molecule has 0 aromatic carbocycles. The Hall–Kier alpha value is -2.08. The van der Waals surface area contributed by atoms with Gasteiger partial charge < -0.3 is 14.2 Å². The van der Waals surface area contributed by atoms with Crippen LogP contribution in [0.5, 0.6) is 0 Å². The van der Waals surface area contributed by atoms with E-state index in [0.717, 1.165) is 11.4 Å². The van der Waals surface area contributed by atoms with Crippen molar-refractivity contribution in [2.24, 2.45) is 7.05 Å². The maximum absolute atomic E-state index is 12.8.